The third-order valence-corrected chi connectivity index (χ3v) is 3.33. The van der Waals surface area contributed by atoms with E-state index in [2.05, 4.69) is 20.6 Å². The molecule has 2 N–H and O–H groups in total. The lowest BCUT2D eigenvalue weighted by atomic mass is 10.1. The minimum Gasteiger partial charge on any atom is -0.340 e. The molecule has 0 aliphatic rings. The second-order valence-corrected chi connectivity index (χ2v) is 5.19. The standard InChI is InChI=1S/C17H11F5N4/c18-12-6-5-10(9-13(12)19)24-15-7-8-23-16(26-15)25-14-4-2-1-3-11(14)17(20,21)22/h1-9H,(H2,23,24,25,26). The summed E-state index contributed by atoms with van der Waals surface area (Å²) in [6.07, 6.45) is -3.22. The van der Waals surface area contributed by atoms with Crippen molar-refractivity contribution in [2.24, 2.45) is 0 Å². The van der Waals surface area contributed by atoms with Crippen molar-refractivity contribution >= 4 is 23.1 Å². The Kier molecular flexibility index (Phi) is 4.70. The van der Waals surface area contributed by atoms with Crippen LogP contribution in [0.3, 0.4) is 0 Å². The third kappa shape index (κ3) is 4.05. The van der Waals surface area contributed by atoms with Crippen LogP contribution < -0.4 is 10.6 Å². The predicted octanol–water partition coefficient (Wildman–Crippen LogP) is 5.26. The fourth-order valence-electron chi connectivity index (χ4n) is 2.17. The van der Waals surface area contributed by atoms with E-state index in [1.165, 1.54) is 36.5 Å². The summed E-state index contributed by atoms with van der Waals surface area (Å²) < 4.78 is 65.3. The van der Waals surface area contributed by atoms with Crippen LogP contribution >= 0.6 is 0 Å². The largest absolute Gasteiger partial charge is 0.418 e. The van der Waals surface area contributed by atoms with Crippen molar-refractivity contribution in [2.45, 2.75) is 6.18 Å². The number of rotatable bonds is 4. The molecule has 0 fully saturated rings. The van der Waals surface area contributed by atoms with Crippen LogP contribution in [0.25, 0.3) is 0 Å². The van der Waals surface area contributed by atoms with Gasteiger partial charge in [0.15, 0.2) is 11.6 Å². The zero-order valence-electron chi connectivity index (χ0n) is 13.0. The number of alkyl halides is 3. The second kappa shape index (κ2) is 6.95. The number of aromatic nitrogens is 2. The van der Waals surface area contributed by atoms with E-state index < -0.39 is 23.4 Å². The smallest absolute Gasteiger partial charge is 0.340 e. The first-order chi connectivity index (χ1) is 12.3. The molecule has 1 aromatic heterocycles. The molecule has 0 saturated heterocycles. The predicted molar refractivity (Wildman–Crippen MR) is 86.4 cm³/mol. The van der Waals surface area contributed by atoms with Crippen LogP contribution in [0.15, 0.2) is 54.7 Å². The Morgan fingerprint density at radius 2 is 1.62 bits per heavy atom. The summed E-state index contributed by atoms with van der Waals surface area (Å²) in [5.41, 5.74) is -0.836. The summed E-state index contributed by atoms with van der Waals surface area (Å²) in [6, 6.07) is 9.51. The van der Waals surface area contributed by atoms with Crippen molar-refractivity contribution in [3.8, 4) is 0 Å². The van der Waals surface area contributed by atoms with Gasteiger partial charge in [0.2, 0.25) is 5.95 Å². The fourth-order valence-corrected chi connectivity index (χ4v) is 2.17. The number of para-hydroxylation sites is 1. The Bertz CT molecular complexity index is 927. The van der Waals surface area contributed by atoms with Gasteiger partial charge in [-0.3, -0.25) is 0 Å². The average molecular weight is 366 g/mol. The lowest BCUT2D eigenvalue weighted by Gasteiger charge is -2.14. The number of halogens is 5. The summed E-state index contributed by atoms with van der Waals surface area (Å²) in [6.45, 7) is 0. The average Bonchev–Trinajstić information content (AvgIpc) is 2.58. The number of benzene rings is 2. The van der Waals surface area contributed by atoms with Crippen LogP contribution in [0.1, 0.15) is 5.56 Å². The molecule has 3 rings (SSSR count). The molecular weight excluding hydrogens is 355 g/mol. The molecule has 2 aromatic carbocycles. The van der Waals surface area contributed by atoms with Gasteiger partial charge in [0.05, 0.1) is 11.3 Å². The molecule has 0 spiro atoms. The molecule has 3 aromatic rings. The summed E-state index contributed by atoms with van der Waals surface area (Å²) >= 11 is 0. The molecule has 0 aliphatic heterocycles. The summed E-state index contributed by atoms with van der Waals surface area (Å²) in [5, 5.41) is 5.23. The maximum atomic E-state index is 13.2. The van der Waals surface area contributed by atoms with Crippen LogP contribution in [-0.2, 0) is 6.18 Å². The number of anilines is 4. The Morgan fingerprint density at radius 3 is 2.35 bits per heavy atom. The minimum atomic E-state index is -4.54. The minimum absolute atomic E-state index is 0.0886. The first kappa shape index (κ1) is 17.6. The maximum absolute atomic E-state index is 13.2. The third-order valence-electron chi connectivity index (χ3n) is 3.33. The van der Waals surface area contributed by atoms with E-state index in [1.54, 1.807) is 0 Å². The Labute approximate surface area is 144 Å². The molecule has 0 atom stereocenters. The topological polar surface area (TPSA) is 49.8 Å². The molecule has 134 valence electrons. The van der Waals surface area contributed by atoms with Crippen molar-refractivity contribution in [1.29, 1.82) is 0 Å². The van der Waals surface area contributed by atoms with Crippen LogP contribution in [0.5, 0.6) is 0 Å². The van der Waals surface area contributed by atoms with Gasteiger partial charge in [-0.05, 0) is 30.3 Å². The summed E-state index contributed by atoms with van der Waals surface area (Å²) in [4.78, 5) is 7.89. The lowest BCUT2D eigenvalue weighted by Crippen LogP contribution is -2.09. The van der Waals surface area contributed by atoms with E-state index in [9.17, 15) is 22.0 Å². The van der Waals surface area contributed by atoms with Crippen molar-refractivity contribution in [3.05, 3.63) is 71.9 Å². The van der Waals surface area contributed by atoms with Gasteiger partial charge in [0, 0.05) is 18.0 Å². The Morgan fingerprint density at radius 1 is 0.846 bits per heavy atom. The van der Waals surface area contributed by atoms with E-state index in [1.807, 2.05) is 0 Å². The maximum Gasteiger partial charge on any atom is 0.418 e. The molecule has 0 aliphatic carbocycles. The molecule has 0 saturated carbocycles. The molecule has 0 unspecified atom stereocenters. The zero-order chi connectivity index (χ0) is 18.7. The summed E-state index contributed by atoms with van der Waals surface area (Å²) in [5.74, 6) is -1.93. The molecule has 0 amide bonds. The van der Waals surface area contributed by atoms with Crippen molar-refractivity contribution in [1.82, 2.24) is 9.97 Å². The van der Waals surface area contributed by atoms with Crippen LogP contribution in [0.2, 0.25) is 0 Å². The van der Waals surface area contributed by atoms with E-state index in [-0.39, 0.29) is 23.1 Å². The van der Waals surface area contributed by atoms with Gasteiger partial charge in [-0.15, -0.1) is 0 Å². The number of hydrogen-bond donors (Lipinski definition) is 2. The van der Waals surface area contributed by atoms with Gasteiger partial charge in [-0.25, -0.2) is 13.8 Å². The Balaban J connectivity index is 1.83. The van der Waals surface area contributed by atoms with Crippen molar-refractivity contribution < 1.29 is 22.0 Å². The van der Waals surface area contributed by atoms with E-state index >= 15 is 0 Å². The molecule has 26 heavy (non-hydrogen) atoms. The number of hydrogen-bond acceptors (Lipinski definition) is 4. The van der Waals surface area contributed by atoms with Crippen LogP contribution in [0, 0.1) is 11.6 Å². The highest BCUT2D eigenvalue weighted by Crippen LogP contribution is 2.35. The quantitative estimate of drug-likeness (QED) is 0.619. The van der Waals surface area contributed by atoms with E-state index in [0.717, 1.165) is 18.2 Å². The Hall–Kier alpha value is -3.23. The van der Waals surface area contributed by atoms with Gasteiger partial charge in [-0.1, -0.05) is 12.1 Å². The fraction of sp³-hybridized carbons (Fsp3) is 0.0588. The van der Waals surface area contributed by atoms with E-state index in [0.29, 0.717) is 0 Å². The van der Waals surface area contributed by atoms with Gasteiger partial charge >= 0.3 is 6.18 Å². The van der Waals surface area contributed by atoms with Crippen molar-refractivity contribution in [3.63, 3.8) is 0 Å². The highest BCUT2D eigenvalue weighted by molar-refractivity contribution is 5.62. The molecule has 9 heteroatoms. The van der Waals surface area contributed by atoms with Gasteiger partial charge < -0.3 is 10.6 Å². The molecule has 4 nitrogen and oxygen atoms in total. The first-order valence-corrected chi connectivity index (χ1v) is 7.31. The first-order valence-electron chi connectivity index (χ1n) is 7.31. The van der Waals surface area contributed by atoms with Gasteiger partial charge in [-0.2, -0.15) is 18.2 Å². The number of nitrogens with one attached hydrogen (secondary N) is 2. The van der Waals surface area contributed by atoms with Crippen LogP contribution in [-0.4, -0.2) is 9.97 Å². The lowest BCUT2D eigenvalue weighted by molar-refractivity contribution is -0.136. The molecule has 1 heterocycles. The van der Waals surface area contributed by atoms with Gasteiger partial charge in [0.25, 0.3) is 0 Å². The normalized spacial score (nSPS) is 11.3. The SMILES string of the molecule is Fc1ccc(Nc2ccnc(Nc3ccccc3C(F)(F)F)n2)cc1F. The summed E-state index contributed by atoms with van der Waals surface area (Å²) in [7, 11) is 0. The van der Waals surface area contributed by atoms with Crippen LogP contribution in [0.4, 0.5) is 45.1 Å². The van der Waals surface area contributed by atoms with Gasteiger partial charge in [0.1, 0.15) is 5.82 Å². The second-order valence-electron chi connectivity index (χ2n) is 5.19. The molecular formula is C17H11F5N4. The zero-order valence-corrected chi connectivity index (χ0v) is 13.0. The molecule has 0 bridgehead atoms. The monoisotopic (exact) mass is 366 g/mol. The highest BCUT2D eigenvalue weighted by atomic mass is 19.4. The molecule has 0 radical (unpaired) electrons. The highest BCUT2D eigenvalue weighted by Gasteiger charge is 2.33. The van der Waals surface area contributed by atoms with E-state index in [4.69, 9.17) is 0 Å². The van der Waals surface area contributed by atoms with Crippen molar-refractivity contribution in [2.75, 3.05) is 10.6 Å². The number of nitrogens with zero attached hydrogens (tertiary/aromatic N) is 2.